The van der Waals surface area contributed by atoms with Crippen LogP contribution in [0.25, 0.3) is 22.2 Å². The number of aromatic nitrogens is 3. The molecule has 1 amide bonds. The number of fused-ring (bicyclic) bond motifs is 1. The number of hydrogen-bond donors (Lipinski definition) is 2. The van der Waals surface area contributed by atoms with Gasteiger partial charge in [0.1, 0.15) is 11.3 Å². The Bertz CT molecular complexity index is 1260. The first-order valence-electron chi connectivity index (χ1n) is 9.46. The Balaban J connectivity index is 1.71. The third-order valence-corrected chi connectivity index (χ3v) is 5.19. The second kappa shape index (κ2) is 7.39. The molecule has 6 nitrogen and oxygen atoms in total. The molecule has 1 atom stereocenters. The summed E-state index contributed by atoms with van der Waals surface area (Å²) < 4.78 is 1.54. The second-order valence-corrected chi connectivity index (χ2v) is 7.21. The van der Waals surface area contributed by atoms with Crippen LogP contribution < -0.4 is 10.9 Å². The molecular formula is C23H22N4O2. The van der Waals surface area contributed by atoms with E-state index < -0.39 is 0 Å². The lowest BCUT2D eigenvalue weighted by atomic mass is 10.0. The number of aryl methyl sites for hydroxylation is 2. The molecule has 0 bridgehead atoms. The van der Waals surface area contributed by atoms with E-state index in [9.17, 15) is 9.59 Å². The number of amides is 1. The molecule has 4 aromatic rings. The third-order valence-electron chi connectivity index (χ3n) is 5.19. The highest BCUT2D eigenvalue weighted by atomic mass is 16.2. The normalized spacial score (nSPS) is 12.1. The van der Waals surface area contributed by atoms with Gasteiger partial charge in [-0.15, -0.1) is 0 Å². The Kier molecular flexibility index (Phi) is 4.76. The maximum absolute atomic E-state index is 12.7. The van der Waals surface area contributed by atoms with Crippen molar-refractivity contribution in [2.45, 2.75) is 19.8 Å². The van der Waals surface area contributed by atoms with Crippen LogP contribution in [0.1, 0.15) is 24.0 Å². The Labute approximate surface area is 168 Å². The maximum Gasteiger partial charge on any atom is 0.274 e. The van der Waals surface area contributed by atoms with Crippen molar-refractivity contribution in [3.63, 3.8) is 0 Å². The fraction of sp³-hybridized carbons (Fsp3) is 0.174. The van der Waals surface area contributed by atoms with Gasteiger partial charge in [-0.25, -0.2) is 4.98 Å². The molecule has 0 aliphatic heterocycles. The first kappa shape index (κ1) is 18.7. The molecule has 0 saturated heterocycles. The summed E-state index contributed by atoms with van der Waals surface area (Å²) in [5.74, 6) is 0.0679. The summed E-state index contributed by atoms with van der Waals surface area (Å²) in [5, 5.41) is 3.73. The molecule has 6 heteroatoms. The molecular weight excluding hydrogens is 364 g/mol. The molecule has 0 aliphatic rings. The van der Waals surface area contributed by atoms with Gasteiger partial charge in [0, 0.05) is 30.4 Å². The van der Waals surface area contributed by atoms with Crippen LogP contribution in [0.15, 0.2) is 65.7 Å². The molecule has 146 valence electrons. The summed E-state index contributed by atoms with van der Waals surface area (Å²) in [6.45, 7) is 3.83. The van der Waals surface area contributed by atoms with Crippen molar-refractivity contribution in [2.24, 2.45) is 7.05 Å². The fourth-order valence-electron chi connectivity index (χ4n) is 3.46. The molecule has 0 spiro atoms. The lowest BCUT2D eigenvalue weighted by Gasteiger charge is -2.14. The Hall–Kier alpha value is -3.67. The number of benzene rings is 1. The van der Waals surface area contributed by atoms with E-state index in [1.165, 1.54) is 4.57 Å². The second-order valence-electron chi connectivity index (χ2n) is 7.21. The summed E-state index contributed by atoms with van der Waals surface area (Å²) in [4.78, 5) is 32.8. The number of rotatable bonds is 4. The summed E-state index contributed by atoms with van der Waals surface area (Å²) in [6.07, 6.45) is 3.53. The number of hydrogen-bond acceptors (Lipinski definition) is 3. The molecule has 0 fully saturated rings. The highest BCUT2D eigenvalue weighted by Crippen LogP contribution is 2.29. The van der Waals surface area contributed by atoms with Gasteiger partial charge < -0.3 is 14.9 Å². The lowest BCUT2D eigenvalue weighted by Crippen LogP contribution is -2.20. The molecule has 0 aliphatic carbocycles. The van der Waals surface area contributed by atoms with Gasteiger partial charge in [0.05, 0.1) is 11.6 Å². The average Bonchev–Trinajstić information content (AvgIpc) is 3.22. The minimum atomic E-state index is -0.295. The van der Waals surface area contributed by atoms with Gasteiger partial charge in [-0.3, -0.25) is 9.59 Å². The minimum Gasteiger partial charge on any atom is -0.357 e. The molecule has 0 unspecified atom stereocenters. The predicted molar refractivity (Wildman–Crippen MR) is 115 cm³/mol. The van der Waals surface area contributed by atoms with Crippen LogP contribution in [0.3, 0.4) is 0 Å². The molecule has 29 heavy (non-hydrogen) atoms. The van der Waals surface area contributed by atoms with Gasteiger partial charge in [-0.2, -0.15) is 0 Å². The smallest absolute Gasteiger partial charge is 0.274 e. The van der Waals surface area contributed by atoms with Gasteiger partial charge in [0.2, 0.25) is 5.91 Å². The number of aromatic amines is 1. The van der Waals surface area contributed by atoms with Crippen LogP contribution in [-0.2, 0) is 11.8 Å². The highest BCUT2D eigenvalue weighted by Gasteiger charge is 2.17. The van der Waals surface area contributed by atoms with E-state index in [1.54, 1.807) is 25.5 Å². The van der Waals surface area contributed by atoms with Crippen molar-refractivity contribution in [1.82, 2.24) is 14.5 Å². The van der Waals surface area contributed by atoms with Gasteiger partial charge in [0.15, 0.2) is 0 Å². The van der Waals surface area contributed by atoms with Crippen LogP contribution in [0.4, 0.5) is 5.82 Å². The lowest BCUT2D eigenvalue weighted by molar-refractivity contribution is -0.117. The molecule has 1 aromatic carbocycles. The van der Waals surface area contributed by atoms with E-state index in [-0.39, 0.29) is 17.4 Å². The number of H-pyrrole nitrogens is 1. The average molecular weight is 386 g/mol. The molecule has 0 radical (unpaired) electrons. The standard InChI is InChI=1S/C23H22N4O2/c1-14-9-10-19(26-22(28)15(2)16-7-5-4-6-8-16)25-20(14)18-13-27(3)23(29)21-17(18)11-12-24-21/h4-13,15,24H,1-3H3,(H,25,26,28)/t15-/m1/s1. The number of carbonyl (C=O) groups is 1. The SMILES string of the molecule is Cc1ccc(NC(=O)[C@H](C)c2ccccc2)nc1-c1cn(C)c(=O)c2[nH]ccc12. The van der Waals surface area contributed by atoms with Crippen molar-refractivity contribution in [2.75, 3.05) is 5.32 Å². The van der Waals surface area contributed by atoms with Crippen molar-refractivity contribution < 1.29 is 4.79 Å². The van der Waals surface area contributed by atoms with E-state index in [0.29, 0.717) is 11.3 Å². The molecule has 2 N–H and O–H groups in total. The van der Waals surface area contributed by atoms with E-state index in [1.807, 2.05) is 56.3 Å². The number of anilines is 1. The first-order valence-corrected chi connectivity index (χ1v) is 9.46. The number of pyridine rings is 2. The Morgan fingerprint density at radius 1 is 1.14 bits per heavy atom. The van der Waals surface area contributed by atoms with Crippen LogP contribution >= 0.6 is 0 Å². The van der Waals surface area contributed by atoms with Crippen LogP contribution in [-0.4, -0.2) is 20.4 Å². The van der Waals surface area contributed by atoms with Crippen LogP contribution in [0.2, 0.25) is 0 Å². The number of carbonyl (C=O) groups excluding carboxylic acids is 1. The summed E-state index contributed by atoms with van der Waals surface area (Å²) >= 11 is 0. The van der Waals surface area contributed by atoms with Crippen LogP contribution in [0.5, 0.6) is 0 Å². The first-order chi connectivity index (χ1) is 14.0. The summed E-state index contributed by atoms with van der Waals surface area (Å²) in [5.41, 5.74) is 3.93. The summed E-state index contributed by atoms with van der Waals surface area (Å²) in [7, 11) is 1.72. The van der Waals surface area contributed by atoms with Crippen molar-refractivity contribution in [3.05, 3.63) is 82.4 Å². The van der Waals surface area contributed by atoms with Crippen molar-refractivity contribution in [3.8, 4) is 11.3 Å². The monoisotopic (exact) mass is 386 g/mol. The molecule has 0 saturated carbocycles. The highest BCUT2D eigenvalue weighted by molar-refractivity contribution is 5.96. The van der Waals surface area contributed by atoms with E-state index in [4.69, 9.17) is 4.98 Å². The Morgan fingerprint density at radius 3 is 2.66 bits per heavy atom. The quantitative estimate of drug-likeness (QED) is 0.557. The van der Waals surface area contributed by atoms with Crippen LogP contribution in [0, 0.1) is 6.92 Å². The molecule has 3 aromatic heterocycles. The zero-order chi connectivity index (χ0) is 20.5. The molecule has 4 rings (SSSR count). The maximum atomic E-state index is 12.7. The topological polar surface area (TPSA) is 79.8 Å². The third kappa shape index (κ3) is 3.45. The molecule has 3 heterocycles. The zero-order valence-corrected chi connectivity index (χ0v) is 16.6. The zero-order valence-electron chi connectivity index (χ0n) is 16.6. The minimum absolute atomic E-state index is 0.0902. The van der Waals surface area contributed by atoms with Gasteiger partial charge in [0.25, 0.3) is 5.56 Å². The van der Waals surface area contributed by atoms with Gasteiger partial charge in [-0.1, -0.05) is 36.4 Å². The van der Waals surface area contributed by atoms with Gasteiger partial charge in [-0.05, 0) is 37.1 Å². The number of nitrogens with one attached hydrogen (secondary N) is 2. The van der Waals surface area contributed by atoms with Crippen molar-refractivity contribution >= 4 is 22.6 Å². The van der Waals surface area contributed by atoms with E-state index in [2.05, 4.69) is 10.3 Å². The largest absolute Gasteiger partial charge is 0.357 e. The van der Waals surface area contributed by atoms with E-state index >= 15 is 0 Å². The summed E-state index contributed by atoms with van der Waals surface area (Å²) in [6, 6.07) is 15.2. The van der Waals surface area contributed by atoms with Crippen molar-refractivity contribution in [1.29, 1.82) is 0 Å². The Morgan fingerprint density at radius 2 is 1.90 bits per heavy atom. The predicted octanol–water partition coefficient (Wildman–Crippen LogP) is 3.98. The fourth-order valence-corrected chi connectivity index (χ4v) is 3.46. The van der Waals surface area contributed by atoms with E-state index in [0.717, 1.165) is 27.8 Å². The number of nitrogens with zero attached hydrogens (tertiary/aromatic N) is 2. The van der Waals surface area contributed by atoms with Gasteiger partial charge >= 0.3 is 0 Å².